The van der Waals surface area contributed by atoms with Crippen LogP contribution in [0.15, 0.2) is 47.5 Å². The average molecular weight is 387 g/mol. The average Bonchev–Trinajstić information content (AvgIpc) is 3.01. The van der Waals surface area contributed by atoms with E-state index in [1.54, 1.807) is 29.1 Å². The van der Waals surface area contributed by atoms with Gasteiger partial charge in [-0.2, -0.15) is 5.10 Å². The summed E-state index contributed by atoms with van der Waals surface area (Å²) in [6, 6.07) is 9.70. The Morgan fingerprint density at radius 2 is 1.59 bits per heavy atom. The molecule has 0 unspecified atom stereocenters. The van der Waals surface area contributed by atoms with Gasteiger partial charge < -0.3 is 0 Å². The van der Waals surface area contributed by atoms with E-state index < -0.39 is 10.0 Å². The van der Waals surface area contributed by atoms with Gasteiger partial charge in [0.1, 0.15) is 5.82 Å². The predicted octanol–water partition coefficient (Wildman–Crippen LogP) is 4.10. The van der Waals surface area contributed by atoms with E-state index in [1.165, 1.54) is 12.1 Å². The molecule has 0 bridgehead atoms. The Morgan fingerprint density at radius 1 is 1.00 bits per heavy atom. The molecule has 0 fully saturated rings. The molecule has 27 heavy (non-hydrogen) atoms. The molecule has 1 aromatic heterocycles. The quantitative estimate of drug-likeness (QED) is 0.717. The molecule has 0 saturated carbocycles. The zero-order valence-electron chi connectivity index (χ0n) is 15.7. The Bertz CT molecular complexity index is 1060. The maximum atomic E-state index is 13.0. The number of aromatic nitrogens is 2. The lowest BCUT2D eigenvalue weighted by molar-refractivity contribution is 0.599. The normalized spacial score (nSPS) is 11.6. The second-order valence-electron chi connectivity index (χ2n) is 6.72. The third-order valence-corrected chi connectivity index (χ3v) is 6.33. The zero-order valence-corrected chi connectivity index (χ0v) is 16.6. The molecule has 0 spiro atoms. The van der Waals surface area contributed by atoms with Crippen molar-refractivity contribution >= 4 is 15.8 Å². The Labute approximate surface area is 158 Å². The molecule has 5 nitrogen and oxygen atoms in total. The summed E-state index contributed by atoms with van der Waals surface area (Å²) in [5.41, 5.74) is 4.20. The molecule has 2 aromatic carbocycles. The smallest absolute Gasteiger partial charge is 0.263 e. The lowest BCUT2D eigenvalue weighted by atomic mass is 10.0. The number of benzene rings is 2. The van der Waals surface area contributed by atoms with E-state index in [1.807, 2.05) is 33.8 Å². The summed E-state index contributed by atoms with van der Waals surface area (Å²) in [7, 11) is -3.76. The molecule has 0 amide bonds. The number of anilines is 1. The van der Waals surface area contributed by atoms with Gasteiger partial charge in [-0.05, 0) is 67.6 Å². The van der Waals surface area contributed by atoms with Gasteiger partial charge in [-0.1, -0.05) is 18.2 Å². The highest BCUT2D eigenvalue weighted by molar-refractivity contribution is 7.92. The van der Waals surface area contributed by atoms with Crippen molar-refractivity contribution in [3.8, 4) is 0 Å². The molecular formula is C20H22FN3O2S. The second-order valence-corrected chi connectivity index (χ2v) is 8.34. The van der Waals surface area contributed by atoms with Crippen LogP contribution >= 0.6 is 0 Å². The van der Waals surface area contributed by atoms with Crippen LogP contribution in [-0.2, 0) is 16.6 Å². The van der Waals surface area contributed by atoms with Crippen molar-refractivity contribution in [3.63, 3.8) is 0 Å². The summed E-state index contributed by atoms with van der Waals surface area (Å²) in [4.78, 5) is 0.299. The fourth-order valence-electron chi connectivity index (χ4n) is 3.05. The standard InChI is InChI=1S/C20H22FN3O2S/c1-13-11-14(2)16(4)20(15(13)3)27(25,26)23-19-9-10-24(22-19)12-17-5-7-18(21)8-6-17/h5-11H,12H2,1-4H3,(H,22,23). The minimum absolute atomic E-state index is 0.245. The van der Waals surface area contributed by atoms with Crippen LogP contribution in [0.1, 0.15) is 27.8 Å². The Balaban J connectivity index is 1.86. The minimum Gasteiger partial charge on any atom is -0.266 e. The summed E-state index contributed by atoms with van der Waals surface area (Å²) < 4.78 is 43.1. The first-order valence-corrected chi connectivity index (χ1v) is 10.0. The second kappa shape index (κ2) is 7.15. The number of rotatable bonds is 5. The molecule has 142 valence electrons. The highest BCUT2D eigenvalue weighted by Crippen LogP contribution is 2.27. The van der Waals surface area contributed by atoms with Crippen molar-refractivity contribution in [2.75, 3.05) is 4.72 Å². The molecule has 3 rings (SSSR count). The third kappa shape index (κ3) is 4.03. The minimum atomic E-state index is -3.76. The number of sulfonamides is 1. The summed E-state index contributed by atoms with van der Waals surface area (Å²) in [6.45, 7) is 7.84. The number of aryl methyl sites for hydroxylation is 2. The highest BCUT2D eigenvalue weighted by atomic mass is 32.2. The van der Waals surface area contributed by atoms with Gasteiger partial charge >= 0.3 is 0 Å². The Morgan fingerprint density at radius 3 is 2.19 bits per heavy atom. The van der Waals surface area contributed by atoms with E-state index >= 15 is 0 Å². The van der Waals surface area contributed by atoms with E-state index in [0.717, 1.165) is 27.8 Å². The Hall–Kier alpha value is -2.67. The van der Waals surface area contributed by atoms with E-state index in [4.69, 9.17) is 0 Å². The van der Waals surface area contributed by atoms with Gasteiger partial charge in [0.15, 0.2) is 5.82 Å². The molecule has 1 heterocycles. The molecule has 0 aliphatic rings. The van der Waals surface area contributed by atoms with Crippen LogP contribution in [0, 0.1) is 33.5 Å². The summed E-state index contributed by atoms with van der Waals surface area (Å²) in [6.07, 6.45) is 1.68. The van der Waals surface area contributed by atoms with Gasteiger partial charge in [-0.25, -0.2) is 12.8 Å². The SMILES string of the molecule is Cc1cc(C)c(C)c(S(=O)(=O)Nc2ccn(Cc3ccc(F)cc3)n2)c1C. The molecule has 0 radical (unpaired) electrons. The van der Waals surface area contributed by atoms with Gasteiger partial charge in [0.05, 0.1) is 11.4 Å². The van der Waals surface area contributed by atoms with Crippen LogP contribution in [0.3, 0.4) is 0 Å². The van der Waals surface area contributed by atoms with Crippen LogP contribution in [0.4, 0.5) is 10.2 Å². The molecule has 3 aromatic rings. The molecule has 0 aliphatic heterocycles. The largest absolute Gasteiger partial charge is 0.266 e. The zero-order chi connectivity index (χ0) is 19.8. The predicted molar refractivity (Wildman–Crippen MR) is 104 cm³/mol. The van der Waals surface area contributed by atoms with Crippen LogP contribution in [0.2, 0.25) is 0 Å². The highest BCUT2D eigenvalue weighted by Gasteiger charge is 2.23. The number of nitrogens with one attached hydrogen (secondary N) is 1. The van der Waals surface area contributed by atoms with Gasteiger partial charge in [0.25, 0.3) is 10.0 Å². The van der Waals surface area contributed by atoms with Crippen LogP contribution < -0.4 is 4.72 Å². The van der Waals surface area contributed by atoms with E-state index in [9.17, 15) is 12.8 Å². The number of nitrogens with zero attached hydrogens (tertiary/aromatic N) is 2. The van der Waals surface area contributed by atoms with Crippen molar-refractivity contribution in [2.24, 2.45) is 0 Å². The molecule has 0 saturated heterocycles. The van der Waals surface area contributed by atoms with Crippen molar-refractivity contribution in [3.05, 3.63) is 76.2 Å². The van der Waals surface area contributed by atoms with Gasteiger partial charge in [0, 0.05) is 12.3 Å². The summed E-state index contributed by atoms with van der Waals surface area (Å²) in [5, 5.41) is 4.28. The summed E-state index contributed by atoms with van der Waals surface area (Å²) >= 11 is 0. The fraction of sp³-hybridized carbons (Fsp3) is 0.250. The van der Waals surface area contributed by atoms with Crippen molar-refractivity contribution in [1.29, 1.82) is 0 Å². The van der Waals surface area contributed by atoms with Crippen LogP contribution in [0.5, 0.6) is 0 Å². The van der Waals surface area contributed by atoms with Crippen molar-refractivity contribution < 1.29 is 12.8 Å². The lowest BCUT2D eigenvalue weighted by Gasteiger charge is -2.15. The Kier molecular flexibility index (Phi) is 5.06. The first kappa shape index (κ1) is 19.1. The maximum absolute atomic E-state index is 13.0. The lowest BCUT2D eigenvalue weighted by Crippen LogP contribution is -2.17. The first-order chi connectivity index (χ1) is 12.7. The van der Waals surface area contributed by atoms with Crippen LogP contribution in [0.25, 0.3) is 0 Å². The topological polar surface area (TPSA) is 64.0 Å². The van der Waals surface area contributed by atoms with E-state index in [-0.39, 0.29) is 11.6 Å². The van der Waals surface area contributed by atoms with Gasteiger partial charge in [-0.3, -0.25) is 9.40 Å². The van der Waals surface area contributed by atoms with Crippen molar-refractivity contribution in [1.82, 2.24) is 9.78 Å². The van der Waals surface area contributed by atoms with Gasteiger partial charge in [0.2, 0.25) is 0 Å². The number of hydrogen-bond acceptors (Lipinski definition) is 3. The first-order valence-electron chi connectivity index (χ1n) is 8.55. The molecule has 0 aliphatic carbocycles. The maximum Gasteiger partial charge on any atom is 0.263 e. The van der Waals surface area contributed by atoms with Crippen molar-refractivity contribution in [2.45, 2.75) is 39.1 Å². The molecule has 7 heteroatoms. The number of hydrogen-bond donors (Lipinski definition) is 1. The number of halogens is 1. The fourth-order valence-corrected chi connectivity index (χ4v) is 4.67. The van der Waals surface area contributed by atoms with E-state index in [2.05, 4.69) is 9.82 Å². The van der Waals surface area contributed by atoms with E-state index in [0.29, 0.717) is 11.4 Å². The monoisotopic (exact) mass is 387 g/mol. The summed E-state index contributed by atoms with van der Waals surface area (Å²) in [5.74, 6) is -0.0538. The molecular weight excluding hydrogens is 365 g/mol. The van der Waals surface area contributed by atoms with Gasteiger partial charge in [-0.15, -0.1) is 0 Å². The third-order valence-electron chi connectivity index (χ3n) is 4.70. The molecule has 0 atom stereocenters. The van der Waals surface area contributed by atoms with Crippen LogP contribution in [-0.4, -0.2) is 18.2 Å². The molecule has 1 N–H and O–H groups in total.